The summed E-state index contributed by atoms with van der Waals surface area (Å²) in [6, 6.07) is 41.7. The third kappa shape index (κ3) is 23.9. The minimum absolute atomic E-state index is 0.0948. The van der Waals surface area contributed by atoms with Crippen LogP contribution in [0.2, 0.25) is 0 Å². The average Bonchev–Trinajstić information content (AvgIpc) is 1.03. The number of carbonyl (C=O) groups excluding carboxylic acids is 5. The fraction of sp³-hybridized carbons (Fsp3) is 0.419. The van der Waals surface area contributed by atoms with Crippen molar-refractivity contribution in [2.75, 3.05) is 51.2 Å². The number of nitrogens with zero attached hydrogens (tertiary/aromatic N) is 6. The molecule has 28 heteroatoms. The number of carboxylic acid groups (broad SMARTS) is 1. The second-order valence-electron chi connectivity index (χ2n) is 34.4. The van der Waals surface area contributed by atoms with Crippen LogP contribution in [0.3, 0.4) is 0 Å². The Kier molecular flexibility index (Phi) is 30.1. The number of ether oxygens (including phenoxy) is 2. The molecule has 0 unspecified atom stereocenters. The zero-order chi connectivity index (χ0) is 88.0. The van der Waals surface area contributed by atoms with E-state index in [4.69, 9.17) is 25.6 Å². The Labute approximate surface area is 702 Å². The van der Waals surface area contributed by atoms with Gasteiger partial charge in [-0.1, -0.05) is 126 Å². The number of aliphatic carboxylic acids is 1. The van der Waals surface area contributed by atoms with E-state index in [-0.39, 0.29) is 86.2 Å². The molecule has 4 aliphatic rings. The molecule has 121 heavy (non-hydrogen) atoms. The molecule has 4 amide bonds. The summed E-state index contributed by atoms with van der Waals surface area (Å²) in [5, 5.41) is 83.5. The van der Waals surface area contributed by atoms with Crippen molar-refractivity contribution in [3.63, 3.8) is 0 Å². The number of aliphatic hydroxyl groups is 4. The Bertz CT molecular complexity index is 5040. The SMILES string of the molecule is CN(C)c1ccc(-c2ccc(C[C@H](NC(=O)[C@@H](CC(=O)C3(C#N)CC3)C(C)(C)C)[C@@H](O)C[C@@H](Cc3ccccc3F)C(=O)N[C@H]3c4cc(F)ccc4OC[C@H]3O)cc2)cn1.CN(C)c1ccc(-c2ccc(C[C@H](NC(=O)[C@@H](N)C(C)(C)C)[C@@H](O)C[C@@H](Cc3ccccc3F)C(=O)N[C@H]3c4cc(F)ccc4OC[C@H]3O)cc2)cn1.N#CC1(C(=O)O)CC1. The maximum atomic E-state index is 15.2. The molecule has 24 nitrogen and oxygen atoms in total. The average molecular weight is 1660 g/mol. The fourth-order valence-electron chi connectivity index (χ4n) is 14.6. The molecule has 2 aromatic heterocycles. The molecule has 0 bridgehead atoms. The summed E-state index contributed by atoms with van der Waals surface area (Å²) in [6.45, 7) is 10.7. The van der Waals surface area contributed by atoms with Gasteiger partial charge in [-0.2, -0.15) is 10.5 Å². The van der Waals surface area contributed by atoms with Crippen LogP contribution in [0, 0.1) is 85.3 Å². The Morgan fingerprint density at radius 2 is 0.917 bits per heavy atom. The van der Waals surface area contributed by atoms with Crippen molar-refractivity contribution in [2.45, 2.75) is 167 Å². The number of benzene rings is 6. The van der Waals surface area contributed by atoms with Gasteiger partial charge in [-0.15, -0.1) is 0 Å². The molecule has 640 valence electrons. The van der Waals surface area contributed by atoms with Gasteiger partial charge >= 0.3 is 5.97 Å². The molecule has 12 atom stereocenters. The van der Waals surface area contributed by atoms with Crippen molar-refractivity contribution < 1.29 is 81.3 Å². The van der Waals surface area contributed by atoms with Gasteiger partial charge in [0.1, 0.15) is 77.2 Å². The summed E-state index contributed by atoms with van der Waals surface area (Å²) in [4.78, 5) is 92.4. The number of nitriles is 2. The summed E-state index contributed by atoms with van der Waals surface area (Å²) in [5.74, 6) is -6.40. The van der Waals surface area contributed by atoms with Crippen molar-refractivity contribution in [1.29, 1.82) is 10.5 Å². The number of halogens is 4. The molecule has 2 saturated carbocycles. The van der Waals surface area contributed by atoms with Gasteiger partial charge in [-0.05, 0) is 181 Å². The van der Waals surface area contributed by atoms with Crippen molar-refractivity contribution in [3.05, 3.63) is 227 Å². The Balaban J connectivity index is 0.000000233. The number of anilines is 2. The van der Waals surface area contributed by atoms with E-state index < -0.39 is 147 Å². The lowest BCUT2D eigenvalue weighted by molar-refractivity contribution is -0.141. The number of fused-ring (bicyclic) bond motifs is 2. The second-order valence-corrected chi connectivity index (χ2v) is 34.4. The molecule has 2 aliphatic heterocycles. The summed E-state index contributed by atoms with van der Waals surface area (Å²) in [7, 11) is 7.65. The number of pyridine rings is 2. The second kappa shape index (κ2) is 39.7. The molecular formula is C93H107F4N11O13. The summed E-state index contributed by atoms with van der Waals surface area (Å²) >= 11 is 0. The number of Topliss-reactive ketones (excluding diaryl/α,β-unsaturated/α-hetero) is 1. The van der Waals surface area contributed by atoms with Crippen LogP contribution in [0.1, 0.15) is 132 Å². The van der Waals surface area contributed by atoms with Gasteiger partial charge in [0.25, 0.3) is 0 Å². The van der Waals surface area contributed by atoms with Crippen LogP contribution in [0.4, 0.5) is 29.2 Å². The highest BCUT2D eigenvalue weighted by Crippen LogP contribution is 2.49. The predicted octanol–water partition coefficient (Wildman–Crippen LogP) is 11.4. The van der Waals surface area contributed by atoms with Gasteiger partial charge in [0.15, 0.2) is 11.2 Å². The maximum absolute atomic E-state index is 15.2. The monoisotopic (exact) mass is 1660 g/mol. The minimum Gasteiger partial charge on any atom is -0.490 e. The zero-order valence-electron chi connectivity index (χ0n) is 69.6. The maximum Gasteiger partial charge on any atom is 0.324 e. The number of nitrogens with two attached hydrogens (primary N) is 1. The number of nitrogens with one attached hydrogen (secondary N) is 4. The molecule has 2 fully saturated rings. The molecule has 12 rings (SSSR count). The summed E-state index contributed by atoms with van der Waals surface area (Å²) < 4.78 is 69.9. The number of ketones is 1. The number of aliphatic hydroxyl groups excluding tert-OH is 4. The van der Waals surface area contributed by atoms with Crippen LogP contribution in [0.25, 0.3) is 22.3 Å². The summed E-state index contributed by atoms with van der Waals surface area (Å²) in [5.41, 5.74) is 9.13. The largest absolute Gasteiger partial charge is 0.490 e. The third-order valence-corrected chi connectivity index (χ3v) is 22.8. The lowest BCUT2D eigenvalue weighted by atomic mass is 9.75. The minimum atomic E-state index is -1.38. The summed E-state index contributed by atoms with van der Waals surface area (Å²) in [6.07, 6.45) is -0.0896. The first-order valence-electron chi connectivity index (χ1n) is 40.3. The van der Waals surface area contributed by atoms with Crippen molar-refractivity contribution in [1.82, 2.24) is 31.2 Å². The fourth-order valence-corrected chi connectivity index (χ4v) is 14.6. The van der Waals surface area contributed by atoms with Crippen molar-refractivity contribution in [3.8, 4) is 45.9 Å². The molecule has 6 aromatic carbocycles. The lowest BCUT2D eigenvalue weighted by Crippen LogP contribution is -2.55. The van der Waals surface area contributed by atoms with E-state index in [9.17, 15) is 67.6 Å². The van der Waals surface area contributed by atoms with Crippen LogP contribution in [-0.2, 0) is 54.5 Å². The van der Waals surface area contributed by atoms with E-state index in [0.717, 1.165) is 45.0 Å². The number of carbonyl (C=O) groups is 6. The normalized spacial score (nSPS) is 18.5. The molecule has 11 N–H and O–H groups in total. The van der Waals surface area contributed by atoms with E-state index in [2.05, 4.69) is 37.3 Å². The first-order chi connectivity index (χ1) is 57.3. The van der Waals surface area contributed by atoms with Crippen LogP contribution >= 0.6 is 0 Å². The van der Waals surface area contributed by atoms with Crippen LogP contribution in [0.5, 0.6) is 11.5 Å². The van der Waals surface area contributed by atoms with Crippen molar-refractivity contribution in [2.24, 2.45) is 45.1 Å². The van der Waals surface area contributed by atoms with Gasteiger partial charge in [0.2, 0.25) is 23.6 Å². The number of hydrogen-bond acceptors (Lipinski definition) is 19. The highest BCUT2D eigenvalue weighted by molar-refractivity contribution is 5.94. The van der Waals surface area contributed by atoms with E-state index in [1.54, 1.807) is 42.7 Å². The Morgan fingerprint density at radius 3 is 1.25 bits per heavy atom. The van der Waals surface area contributed by atoms with Gasteiger partial charge < -0.3 is 71.8 Å². The number of amides is 4. The van der Waals surface area contributed by atoms with Crippen molar-refractivity contribution >= 4 is 47.0 Å². The number of hydrogen-bond donors (Lipinski definition) is 10. The van der Waals surface area contributed by atoms with Gasteiger partial charge in [0.05, 0.1) is 54.6 Å². The number of aromatic nitrogens is 2. The highest BCUT2D eigenvalue weighted by Gasteiger charge is 2.53. The van der Waals surface area contributed by atoms with E-state index in [1.807, 2.05) is 152 Å². The van der Waals surface area contributed by atoms with E-state index in [0.29, 0.717) is 37.2 Å². The number of carboxylic acids is 1. The standard InChI is InChI=1S/C47H53F2N5O6.C41H49F2N5O5.C5H5NO2/c1-46(2,3)35(24-41(57)47(27-50)18-19-47)45(59)52-37(20-28-10-12-29(13-11-28)31-14-17-42(51-25-31)54(4)5)38(55)22-32(21-30-8-6-7-9-36(30)49)44(58)53-43-34-23-33(48)15-16-40(34)60-26-39(43)56;1-41(2,3)38(44)40(52)46-32(18-24-10-12-25(13-11-24)27-14-17-36(45-22-27)48(4)5)33(49)20-28(19-26-8-6-7-9-31(26)43)39(51)47-37-30-21-29(42)15-16-35(30)53-23-34(37)50;6-3-5(1-2-5)4(7)8/h6-17,23,25,32,35,37-39,43,55-56H,18-22,24,26H2,1-5H3,(H,52,59)(H,53,58);6-17,21-22,28,32-34,37-38,49-50H,18-20,23,44H2,1-5H3,(H,46,52)(H,47,51);1-2H2,(H,7,8)/t32-,35-,37+,38+,39-,43+;28-,32+,33+,34-,37+,38-;/m11./s1. The van der Waals surface area contributed by atoms with E-state index >= 15 is 4.39 Å². The molecule has 4 heterocycles. The number of rotatable bonds is 30. The molecule has 8 aromatic rings. The smallest absolute Gasteiger partial charge is 0.324 e. The van der Waals surface area contributed by atoms with E-state index in [1.165, 1.54) is 60.7 Å². The molecule has 2 aliphatic carbocycles. The van der Waals surface area contributed by atoms with Crippen LogP contribution in [-0.4, -0.2) is 155 Å². The lowest BCUT2D eigenvalue weighted by Gasteiger charge is -2.34. The predicted molar refractivity (Wildman–Crippen MR) is 447 cm³/mol. The van der Waals surface area contributed by atoms with Gasteiger partial charge in [-0.25, -0.2) is 27.5 Å². The molecular weight excluding hydrogens is 1560 g/mol. The first kappa shape index (κ1) is 91.6. The van der Waals surface area contributed by atoms with Crippen LogP contribution < -0.4 is 46.3 Å². The quantitative estimate of drug-likeness (QED) is 0.0187. The molecule has 0 spiro atoms. The molecule has 0 saturated heterocycles. The zero-order valence-corrected chi connectivity index (χ0v) is 69.6. The Morgan fingerprint density at radius 1 is 0.529 bits per heavy atom. The van der Waals surface area contributed by atoms with Gasteiger partial charge in [0, 0.05) is 87.0 Å². The molecule has 0 radical (unpaired) electrons. The Hall–Kier alpha value is -11.7. The first-order valence-corrected chi connectivity index (χ1v) is 40.3. The topological polar surface area (TPSA) is 376 Å². The van der Waals surface area contributed by atoms with Crippen LogP contribution in [0.15, 0.2) is 170 Å². The third-order valence-electron chi connectivity index (χ3n) is 22.8. The van der Waals surface area contributed by atoms with Gasteiger partial charge in [-0.3, -0.25) is 28.8 Å². The highest BCUT2D eigenvalue weighted by atomic mass is 19.1.